The maximum absolute atomic E-state index is 12.2. The molecule has 0 saturated carbocycles. The van der Waals surface area contributed by atoms with Crippen LogP contribution in [0, 0.1) is 0 Å². The first-order valence-electron chi connectivity index (χ1n) is 6.70. The number of rotatable bonds is 7. The van der Waals surface area contributed by atoms with E-state index in [9.17, 15) is 9.90 Å². The third kappa shape index (κ3) is 4.33. The van der Waals surface area contributed by atoms with Crippen LogP contribution in [0.3, 0.4) is 0 Å². The average Bonchev–Trinajstić information content (AvgIpc) is 2.39. The highest BCUT2D eigenvalue weighted by molar-refractivity contribution is 5.77. The zero-order chi connectivity index (χ0) is 14.3. The summed E-state index contributed by atoms with van der Waals surface area (Å²) in [6.45, 7) is 6.62. The van der Waals surface area contributed by atoms with Crippen molar-refractivity contribution in [3.05, 3.63) is 35.9 Å². The summed E-state index contributed by atoms with van der Waals surface area (Å²) in [4.78, 5) is 14.2. The summed E-state index contributed by atoms with van der Waals surface area (Å²) in [6, 6.07) is 9.22. The van der Waals surface area contributed by atoms with Gasteiger partial charge >= 0.3 is 5.97 Å². The van der Waals surface area contributed by atoms with Crippen molar-refractivity contribution in [3.8, 4) is 0 Å². The van der Waals surface area contributed by atoms with Crippen LogP contribution in [0.15, 0.2) is 30.3 Å². The predicted molar refractivity (Wildman–Crippen MR) is 74.7 cm³/mol. The normalized spacial score (nSPS) is 12.7. The number of carbonyl (C=O) groups excluding carboxylic acids is 1. The summed E-state index contributed by atoms with van der Waals surface area (Å²) in [5.41, 5.74) is 0.892. The van der Waals surface area contributed by atoms with Crippen LogP contribution in [-0.2, 0) is 9.53 Å². The highest BCUT2D eigenvalue weighted by Crippen LogP contribution is 2.24. The van der Waals surface area contributed by atoms with Gasteiger partial charge in [-0.15, -0.1) is 0 Å². The lowest BCUT2D eigenvalue weighted by Crippen LogP contribution is -2.41. The molecular formula is C15H23NO3. The topological polar surface area (TPSA) is 49.8 Å². The molecule has 1 N–H and O–H groups in total. The molecule has 0 saturated heterocycles. The maximum Gasteiger partial charge on any atom is 0.328 e. The number of hydrogen-bond donors (Lipinski definition) is 1. The fraction of sp³-hybridized carbons (Fsp3) is 0.533. The molecule has 1 aromatic rings. The first-order chi connectivity index (χ1) is 9.11. The molecule has 0 aliphatic rings. The van der Waals surface area contributed by atoms with Crippen LogP contribution in [0.1, 0.15) is 32.4 Å². The molecule has 0 radical (unpaired) electrons. The Morgan fingerprint density at radius 1 is 1.32 bits per heavy atom. The third-order valence-electron chi connectivity index (χ3n) is 2.98. The number of benzene rings is 1. The third-order valence-corrected chi connectivity index (χ3v) is 2.98. The lowest BCUT2D eigenvalue weighted by Gasteiger charge is -2.33. The highest BCUT2D eigenvalue weighted by atomic mass is 16.5. The summed E-state index contributed by atoms with van der Waals surface area (Å²) in [5.74, 6) is -0.268. The zero-order valence-electron chi connectivity index (χ0n) is 11.9. The van der Waals surface area contributed by atoms with E-state index in [4.69, 9.17) is 4.74 Å². The predicted octanol–water partition coefficient (Wildman–Crippen LogP) is 1.99. The Hall–Kier alpha value is -1.39. The molecule has 4 heteroatoms. The van der Waals surface area contributed by atoms with Crippen LogP contribution in [0.2, 0.25) is 0 Å². The summed E-state index contributed by atoms with van der Waals surface area (Å²) < 4.78 is 5.17. The second-order valence-electron chi connectivity index (χ2n) is 4.62. The van der Waals surface area contributed by atoms with Crippen LogP contribution in [0.4, 0.5) is 0 Å². The average molecular weight is 265 g/mol. The number of ether oxygens (including phenoxy) is 1. The first kappa shape index (κ1) is 15.7. The van der Waals surface area contributed by atoms with Crippen molar-refractivity contribution in [2.75, 3.05) is 19.8 Å². The molecule has 106 valence electrons. The van der Waals surface area contributed by atoms with E-state index in [1.54, 1.807) is 6.92 Å². The smallest absolute Gasteiger partial charge is 0.328 e. The number of aliphatic hydroxyl groups is 1. The van der Waals surface area contributed by atoms with Gasteiger partial charge in [-0.1, -0.05) is 30.3 Å². The summed E-state index contributed by atoms with van der Waals surface area (Å²) in [6.07, 6.45) is 0. The van der Waals surface area contributed by atoms with Gasteiger partial charge in [-0.25, -0.2) is 4.79 Å². The molecule has 0 aliphatic heterocycles. The molecule has 0 aliphatic carbocycles. The Morgan fingerprint density at radius 3 is 2.42 bits per heavy atom. The van der Waals surface area contributed by atoms with Gasteiger partial charge < -0.3 is 9.84 Å². The van der Waals surface area contributed by atoms with E-state index in [0.717, 1.165) is 5.56 Å². The number of carbonyl (C=O) groups is 1. The van der Waals surface area contributed by atoms with E-state index in [0.29, 0.717) is 13.2 Å². The van der Waals surface area contributed by atoms with Gasteiger partial charge in [0.1, 0.15) is 6.04 Å². The van der Waals surface area contributed by atoms with Gasteiger partial charge in [-0.05, 0) is 26.3 Å². The first-order valence-corrected chi connectivity index (χ1v) is 6.70. The zero-order valence-corrected chi connectivity index (χ0v) is 11.9. The van der Waals surface area contributed by atoms with Crippen LogP contribution in [0.25, 0.3) is 0 Å². The van der Waals surface area contributed by atoms with E-state index in [2.05, 4.69) is 0 Å². The van der Waals surface area contributed by atoms with Gasteiger partial charge in [0.05, 0.1) is 13.2 Å². The SMILES string of the molecule is CCOC(=O)C(c1ccccc1)N(CCO)C(C)C. The van der Waals surface area contributed by atoms with Crippen molar-refractivity contribution in [3.63, 3.8) is 0 Å². The van der Waals surface area contributed by atoms with Crippen LogP contribution >= 0.6 is 0 Å². The molecule has 0 amide bonds. The Kier molecular flexibility index (Phi) is 6.53. The Bertz CT molecular complexity index is 378. The van der Waals surface area contributed by atoms with Gasteiger partial charge in [0.15, 0.2) is 0 Å². The molecule has 1 aromatic carbocycles. The highest BCUT2D eigenvalue weighted by Gasteiger charge is 2.30. The van der Waals surface area contributed by atoms with Gasteiger partial charge in [0, 0.05) is 12.6 Å². The fourth-order valence-corrected chi connectivity index (χ4v) is 2.12. The molecule has 1 rings (SSSR count). The van der Waals surface area contributed by atoms with Gasteiger partial charge in [0.25, 0.3) is 0 Å². The maximum atomic E-state index is 12.2. The number of hydrogen-bond acceptors (Lipinski definition) is 4. The largest absolute Gasteiger partial charge is 0.465 e. The van der Waals surface area contributed by atoms with Crippen molar-refractivity contribution in [2.45, 2.75) is 32.9 Å². The van der Waals surface area contributed by atoms with Crippen molar-refractivity contribution < 1.29 is 14.6 Å². The van der Waals surface area contributed by atoms with Crippen LogP contribution < -0.4 is 0 Å². The molecule has 19 heavy (non-hydrogen) atoms. The van der Waals surface area contributed by atoms with Crippen molar-refractivity contribution >= 4 is 5.97 Å². The number of esters is 1. The second kappa shape index (κ2) is 7.92. The number of nitrogens with zero attached hydrogens (tertiary/aromatic N) is 1. The van der Waals surface area contributed by atoms with E-state index in [-0.39, 0.29) is 18.6 Å². The van der Waals surface area contributed by atoms with E-state index >= 15 is 0 Å². The molecule has 0 spiro atoms. The van der Waals surface area contributed by atoms with Gasteiger partial charge in [-0.2, -0.15) is 0 Å². The Balaban J connectivity index is 3.06. The Labute approximate surface area is 115 Å². The molecule has 1 atom stereocenters. The van der Waals surface area contributed by atoms with Crippen LogP contribution in [-0.4, -0.2) is 41.8 Å². The minimum absolute atomic E-state index is 0.0148. The van der Waals surface area contributed by atoms with Crippen molar-refractivity contribution in [1.29, 1.82) is 0 Å². The quantitative estimate of drug-likeness (QED) is 0.766. The van der Waals surface area contributed by atoms with Crippen molar-refractivity contribution in [1.82, 2.24) is 4.90 Å². The monoisotopic (exact) mass is 265 g/mol. The van der Waals surface area contributed by atoms with E-state index < -0.39 is 6.04 Å². The van der Waals surface area contributed by atoms with E-state index in [1.165, 1.54) is 0 Å². The lowest BCUT2D eigenvalue weighted by atomic mass is 10.0. The number of aliphatic hydroxyl groups excluding tert-OH is 1. The Morgan fingerprint density at radius 2 is 1.95 bits per heavy atom. The summed E-state index contributed by atoms with van der Waals surface area (Å²) >= 11 is 0. The lowest BCUT2D eigenvalue weighted by molar-refractivity contribution is -0.151. The standard InChI is InChI=1S/C15H23NO3/c1-4-19-15(18)14(13-8-6-5-7-9-13)16(10-11-17)12(2)3/h5-9,12,14,17H,4,10-11H2,1-3H3. The minimum atomic E-state index is -0.465. The van der Waals surface area contributed by atoms with Crippen LogP contribution in [0.5, 0.6) is 0 Å². The minimum Gasteiger partial charge on any atom is -0.465 e. The molecule has 4 nitrogen and oxygen atoms in total. The molecule has 0 fully saturated rings. The summed E-state index contributed by atoms with van der Waals surface area (Å²) in [5, 5.41) is 9.20. The molecular weight excluding hydrogens is 242 g/mol. The van der Waals surface area contributed by atoms with E-state index in [1.807, 2.05) is 49.1 Å². The molecule has 0 heterocycles. The fourth-order valence-electron chi connectivity index (χ4n) is 2.12. The molecule has 0 bridgehead atoms. The molecule has 1 unspecified atom stereocenters. The second-order valence-corrected chi connectivity index (χ2v) is 4.62. The van der Waals surface area contributed by atoms with Gasteiger partial charge in [-0.3, -0.25) is 4.90 Å². The summed E-state index contributed by atoms with van der Waals surface area (Å²) in [7, 11) is 0. The molecule has 0 aromatic heterocycles. The van der Waals surface area contributed by atoms with Gasteiger partial charge in [0.2, 0.25) is 0 Å². The van der Waals surface area contributed by atoms with Crippen molar-refractivity contribution in [2.24, 2.45) is 0 Å².